The highest BCUT2D eigenvalue weighted by molar-refractivity contribution is 7.89. The van der Waals surface area contributed by atoms with E-state index in [4.69, 9.17) is 5.14 Å². The molecule has 0 saturated heterocycles. The largest absolute Gasteiger partial charge is 0.326 e. The molecule has 0 radical (unpaired) electrons. The lowest BCUT2D eigenvalue weighted by Gasteiger charge is -2.10. The highest BCUT2D eigenvalue weighted by Crippen LogP contribution is 2.13. The Bertz CT molecular complexity index is 1170. The average molecular weight is 386 g/mol. The number of nitrogens with two attached hydrogens (primary N) is 1. The molecule has 8 nitrogen and oxygen atoms in total. The number of hydrogen-bond acceptors (Lipinski definition) is 5. The lowest BCUT2D eigenvalue weighted by molar-refractivity contribution is -0.116. The van der Waals surface area contributed by atoms with E-state index in [2.05, 4.69) is 10.3 Å². The summed E-state index contributed by atoms with van der Waals surface area (Å²) in [6.45, 7) is 0. The minimum atomic E-state index is -3.77. The van der Waals surface area contributed by atoms with E-state index < -0.39 is 10.0 Å². The minimum Gasteiger partial charge on any atom is -0.326 e. The number of amides is 1. The summed E-state index contributed by atoms with van der Waals surface area (Å²) in [6.07, 6.45) is 0.410. The first-order valence-corrected chi connectivity index (χ1v) is 9.68. The molecule has 1 heterocycles. The number of fused-ring (bicyclic) bond motifs is 1. The number of primary sulfonamides is 1. The maximum atomic E-state index is 12.4. The number of hydrogen-bond donors (Lipinski definition) is 2. The highest BCUT2D eigenvalue weighted by atomic mass is 32.2. The number of nitrogens with zero attached hydrogens (tertiary/aromatic N) is 2. The van der Waals surface area contributed by atoms with Crippen LogP contribution in [0.3, 0.4) is 0 Å². The van der Waals surface area contributed by atoms with Gasteiger partial charge in [0.25, 0.3) is 5.56 Å². The number of carbonyl (C=O) groups is 1. The van der Waals surface area contributed by atoms with Gasteiger partial charge in [0, 0.05) is 25.6 Å². The Morgan fingerprint density at radius 3 is 2.48 bits per heavy atom. The van der Waals surface area contributed by atoms with Gasteiger partial charge in [-0.1, -0.05) is 12.1 Å². The third-order valence-corrected chi connectivity index (χ3v) is 5.05. The zero-order valence-electron chi connectivity index (χ0n) is 14.5. The van der Waals surface area contributed by atoms with Gasteiger partial charge in [0.2, 0.25) is 15.9 Å². The summed E-state index contributed by atoms with van der Waals surface area (Å²) in [5, 5.41) is 8.24. The molecular weight excluding hydrogens is 368 g/mol. The molecule has 0 aliphatic heterocycles. The van der Waals surface area contributed by atoms with Crippen LogP contribution in [0.25, 0.3) is 10.9 Å². The van der Waals surface area contributed by atoms with Gasteiger partial charge in [0.05, 0.1) is 15.8 Å². The Morgan fingerprint density at radius 2 is 1.81 bits per heavy atom. The molecule has 0 aliphatic carbocycles. The van der Waals surface area contributed by atoms with Crippen molar-refractivity contribution in [2.75, 3.05) is 5.32 Å². The van der Waals surface area contributed by atoms with E-state index in [1.54, 1.807) is 31.3 Å². The second-order valence-corrected chi connectivity index (χ2v) is 7.59. The topological polar surface area (TPSA) is 124 Å². The van der Waals surface area contributed by atoms with Gasteiger partial charge in [0.1, 0.15) is 5.82 Å². The van der Waals surface area contributed by atoms with Crippen LogP contribution >= 0.6 is 0 Å². The molecule has 140 valence electrons. The number of para-hydroxylation sites is 1. The molecule has 3 N–H and O–H groups in total. The fourth-order valence-corrected chi connectivity index (χ4v) is 3.18. The maximum absolute atomic E-state index is 12.4. The molecule has 0 atom stereocenters. The van der Waals surface area contributed by atoms with Gasteiger partial charge < -0.3 is 5.32 Å². The number of rotatable bonds is 5. The molecule has 0 bridgehead atoms. The Morgan fingerprint density at radius 1 is 1.15 bits per heavy atom. The molecule has 9 heteroatoms. The number of sulfonamides is 1. The van der Waals surface area contributed by atoms with Crippen molar-refractivity contribution in [2.24, 2.45) is 12.2 Å². The fourth-order valence-electron chi connectivity index (χ4n) is 2.66. The van der Waals surface area contributed by atoms with E-state index in [9.17, 15) is 18.0 Å². The van der Waals surface area contributed by atoms with E-state index in [1.165, 1.54) is 28.8 Å². The average Bonchev–Trinajstić information content (AvgIpc) is 2.63. The molecule has 1 aromatic heterocycles. The first-order valence-electron chi connectivity index (χ1n) is 8.13. The summed E-state index contributed by atoms with van der Waals surface area (Å²) in [6, 6.07) is 12.6. The molecule has 0 spiro atoms. The summed E-state index contributed by atoms with van der Waals surface area (Å²) in [5.74, 6) is 0.235. The number of carbonyl (C=O) groups excluding carboxylic acids is 1. The molecule has 1 amide bonds. The lowest BCUT2D eigenvalue weighted by atomic mass is 10.2. The van der Waals surface area contributed by atoms with Crippen molar-refractivity contribution in [2.45, 2.75) is 17.7 Å². The normalized spacial score (nSPS) is 11.5. The standard InChI is InChI=1S/C18H18N4O4S/c1-22-16(21-15-5-3-2-4-14(15)18(22)24)10-11-17(23)20-12-6-8-13(9-7-12)27(19,25)26/h2-9H,10-11H2,1H3,(H,20,23)(H2,19,25,26). The smallest absolute Gasteiger partial charge is 0.261 e. The first-order chi connectivity index (χ1) is 12.8. The van der Waals surface area contributed by atoms with Crippen LogP contribution in [0.15, 0.2) is 58.2 Å². The summed E-state index contributed by atoms with van der Waals surface area (Å²) in [4.78, 5) is 28.9. The van der Waals surface area contributed by atoms with Crippen molar-refractivity contribution in [1.82, 2.24) is 9.55 Å². The summed E-state index contributed by atoms with van der Waals surface area (Å²) in [5.41, 5.74) is 0.886. The van der Waals surface area contributed by atoms with Crippen molar-refractivity contribution in [3.8, 4) is 0 Å². The Kier molecular flexibility index (Phi) is 5.06. The summed E-state index contributed by atoms with van der Waals surface area (Å²) < 4.78 is 23.9. The molecule has 3 rings (SSSR count). The number of anilines is 1. The molecule has 2 aromatic carbocycles. The number of aromatic nitrogens is 2. The minimum absolute atomic E-state index is 0.0316. The van der Waals surface area contributed by atoms with Crippen LogP contribution in [0.2, 0.25) is 0 Å². The predicted molar refractivity (Wildman–Crippen MR) is 102 cm³/mol. The van der Waals surface area contributed by atoms with Crippen LogP contribution in [0, 0.1) is 0 Å². The summed E-state index contributed by atoms with van der Waals surface area (Å²) >= 11 is 0. The van der Waals surface area contributed by atoms with Gasteiger partial charge in [-0.2, -0.15) is 0 Å². The fraction of sp³-hybridized carbons (Fsp3) is 0.167. The number of benzene rings is 2. The van der Waals surface area contributed by atoms with Gasteiger partial charge in [-0.3, -0.25) is 14.2 Å². The van der Waals surface area contributed by atoms with Crippen LogP contribution in [0.1, 0.15) is 12.2 Å². The second kappa shape index (κ2) is 7.29. The van der Waals surface area contributed by atoms with Crippen LogP contribution in [-0.2, 0) is 28.3 Å². The van der Waals surface area contributed by atoms with Crippen LogP contribution < -0.4 is 16.0 Å². The number of nitrogens with one attached hydrogen (secondary N) is 1. The molecule has 27 heavy (non-hydrogen) atoms. The monoisotopic (exact) mass is 386 g/mol. The first kappa shape index (κ1) is 18.7. The van der Waals surface area contributed by atoms with Gasteiger partial charge >= 0.3 is 0 Å². The SMILES string of the molecule is Cn1c(CCC(=O)Nc2ccc(S(N)(=O)=O)cc2)nc2ccccc2c1=O. The zero-order chi connectivity index (χ0) is 19.6. The molecule has 0 saturated carbocycles. The van der Waals surface area contributed by atoms with E-state index in [0.29, 0.717) is 22.4 Å². The quantitative estimate of drug-likeness (QED) is 0.681. The molecular formula is C18H18N4O4S. The molecule has 0 aliphatic rings. The second-order valence-electron chi connectivity index (χ2n) is 6.03. The van der Waals surface area contributed by atoms with Crippen molar-refractivity contribution < 1.29 is 13.2 Å². The van der Waals surface area contributed by atoms with E-state index in [0.717, 1.165) is 0 Å². The Balaban J connectivity index is 1.70. The van der Waals surface area contributed by atoms with Gasteiger partial charge in [0.15, 0.2) is 0 Å². The van der Waals surface area contributed by atoms with Crippen LogP contribution in [-0.4, -0.2) is 23.9 Å². The maximum Gasteiger partial charge on any atom is 0.261 e. The van der Waals surface area contributed by atoms with Crippen LogP contribution in [0.5, 0.6) is 0 Å². The van der Waals surface area contributed by atoms with Gasteiger partial charge in [-0.05, 0) is 36.4 Å². The Labute approximate surface area is 155 Å². The Hall–Kier alpha value is -3.04. The predicted octanol–water partition coefficient (Wildman–Crippen LogP) is 1.15. The van der Waals surface area contributed by atoms with Crippen molar-refractivity contribution in [1.29, 1.82) is 0 Å². The summed E-state index contributed by atoms with van der Waals surface area (Å²) in [7, 11) is -2.15. The molecule has 0 unspecified atom stereocenters. The molecule has 0 fully saturated rings. The highest BCUT2D eigenvalue weighted by Gasteiger charge is 2.11. The zero-order valence-corrected chi connectivity index (χ0v) is 15.4. The van der Waals surface area contributed by atoms with Crippen molar-refractivity contribution in [3.05, 3.63) is 64.7 Å². The van der Waals surface area contributed by atoms with Gasteiger partial charge in [-0.15, -0.1) is 0 Å². The van der Waals surface area contributed by atoms with Crippen LogP contribution in [0.4, 0.5) is 5.69 Å². The van der Waals surface area contributed by atoms with Gasteiger partial charge in [-0.25, -0.2) is 18.5 Å². The van der Waals surface area contributed by atoms with Crippen molar-refractivity contribution >= 4 is 32.5 Å². The van der Waals surface area contributed by atoms with E-state index >= 15 is 0 Å². The number of aryl methyl sites for hydroxylation is 1. The third kappa shape index (κ3) is 4.21. The van der Waals surface area contributed by atoms with Crippen molar-refractivity contribution in [3.63, 3.8) is 0 Å². The lowest BCUT2D eigenvalue weighted by Crippen LogP contribution is -2.23. The third-order valence-electron chi connectivity index (χ3n) is 4.12. The molecule has 3 aromatic rings. The van der Waals surface area contributed by atoms with E-state index in [-0.39, 0.29) is 29.2 Å². The van der Waals surface area contributed by atoms with E-state index in [1.807, 2.05) is 0 Å².